The van der Waals surface area contributed by atoms with Crippen molar-refractivity contribution >= 4 is 33.5 Å². The average Bonchev–Trinajstić information content (AvgIpc) is 2.92. The molecule has 0 bridgehead atoms. The van der Waals surface area contributed by atoms with E-state index in [0.29, 0.717) is 11.4 Å². The monoisotopic (exact) mass is 336 g/mol. The van der Waals surface area contributed by atoms with Crippen LogP contribution in [-0.2, 0) is 9.53 Å². The van der Waals surface area contributed by atoms with E-state index >= 15 is 0 Å². The zero-order valence-electron chi connectivity index (χ0n) is 10.7. The minimum Gasteiger partial charge on any atom is -0.448 e. The first-order valence-corrected chi connectivity index (χ1v) is 6.76. The van der Waals surface area contributed by atoms with Crippen molar-refractivity contribution in [2.75, 3.05) is 5.32 Å². The lowest BCUT2D eigenvalue weighted by Gasteiger charge is -2.13. The van der Waals surface area contributed by atoms with Gasteiger partial charge < -0.3 is 15.0 Å². The normalized spacial score (nSPS) is 11.7. The fourth-order valence-electron chi connectivity index (χ4n) is 1.54. The molecule has 6 heteroatoms. The molecule has 0 fully saturated rings. The number of rotatable bonds is 4. The number of anilines is 1. The van der Waals surface area contributed by atoms with Crippen molar-refractivity contribution in [3.8, 4) is 0 Å². The van der Waals surface area contributed by atoms with E-state index in [1.165, 1.54) is 6.92 Å². The molecule has 1 amide bonds. The first-order valence-electron chi connectivity index (χ1n) is 5.97. The molecule has 1 atom stereocenters. The van der Waals surface area contributed by atoms with Crippen molar-refractivity contribution in [2.24, 2.45) is 0 Å². The second-order valence-electron chi connectivity index (χ2n) is 4.13. The first-order chi connectivity index (χ1) is 9.56. The highest BCUT2D eigenvalue weighted by Gasteiger charge is 2.19. The van der Waals surface area contributed by atoms with Gasteiger partial charge in [0.1, 0.15) is 5.69 Å². The van der Waals surface area contributed by atoms with Gasteiger partial charge in [0.25, 0.3) is 5.91 Å². The summed E-state index contributed by atoms with van der Waals surface area (Å²) in [5.41, 5.74) is 0.944. The van der Waals surface area contributed by atoms with E-state index in [9.17, 15) is 9.59 Å². The number of nitrogens with one attached hydrogen (secondary N) is 2. The smallest absolute Gasteiger partial charge is 0.355 e. The largest absolute Gasteiger partial charge is 0.448 e. The van der Waals surface area contributed by atoms with Crippen molar-refractivity contribution in [2.45, 2.75) is 13.0 Å². The molecular formula is C14H13BrN2O3. The Kier molecular flexibility index (Phi) is 4.57. The number of aromatic nitrogens is 1. The number of amides is 1. The molecular weight excluding hydrogens is 324 g/mol. The summed E-state index contributed by atoms with van der Waals surface area (Å²) in [5.74, 6) is -0.949. The second kappa shape index (κ2) is 6.38. The topological polar surface area (TPSA) is 71.2 Å². The van der Waals surface area contributed by atoms with E-state index in [2.05, 4.69) is 26.2 Å². The van der Waals surface area contributed by atoms with Crippen LogP contribution in [0.2, 0.25) is 0 Å². The molecule has 2 aromatic rings. The van der Waals surface area contributed by atoms with Crippen LogP contribution in [0.15, 0.2) is 47.1 Å². The predicted molar refractivity (Wildman–Crippen MR) is 78.4 cm³/mol. The van der Waals surface area contributed by atoms with Crippen LogP contribution in [0.25, 0.3) is 0 Å². The van der Waals surface area contributed by atoms with Crippen molar-refractivity contribution in [1.29, 1.82) is 0 Å². The van der Waals surface area contributed by atoms with Gasteiger partial charge in [-0.3, -0.25) is 4.79 Å². The van der Waals surface area contributed by atoms with Crippen LogP contribution in [0.3, 0.4) is 0 Å². The van der Waals surface area contributed by atoms with Gasteiger partial charge in [0.2, 0.25) is 0 Å². The lowest BCUT2D eigenvalue weighted by atomic mass is 10.3. The lowest BCUT2D eigenvalue weighted by molar-refractivity contribution is -0.123. The number of ether oxygens (including phenoxy) is 1. The van der Waals surface area contributed by atoms with Crippen LogP contribution in [0.5, 0.6) is 0 Å². The molecule has 1 aromatic carbocycles. The van der Waals surface area contributed by atoms with E-state index in [1.807, 2.05) is 6.07 Å². The maximum absolute atomic E-state index is 11.9. The number of benzene rings is 1. The Balaban J connectivity index is 1.94. The Labute approximate surface area is 124 Å². The first kappa shape index (κ1) is 14.3. The van der Waals surface area contributed by atoms with Gasteiger partial charge >= 0.3 is 5.97 Å². The number of hydrogen-bond donors (Lipinski definition) is 2. The number of hydrogen-bond acceptors (Lipinski definition) is 3. The van der Waals surface area contributed by atoms with Crippen LogP contribution >= 0.6 is 15.9 Å². The number of aromatic amines is 1. The van der Waals surface area contributed by atoms with E-state index < -0.39 is 12.1 Å². The van der Waals surface area contributed by atoms with Gasteiger partial charge in [0.15, 0.2) is 6.10 Å². The molecule has 0 aliphatic rings. The van der Waals surface area contributed by atoms with Crippen LogP contribution in [0, 0.1) is 0 Å². The quantitative estimate of drug-likeness (QED) is 0.843. The highest BCUT2D eigenvalue weighted by atomic mass is 79.9. The van der Waals surface area contributed by atoms with Gasteiger partial charge in [0.05, 0.1) is 0 Å². The maximum atomic E-state index is 11.9. The van der Waals surface area contributed by atoms with Crippen LogP contribution < -0.4 is 5.32 Å². The van der Waals surface area contributed by atoms with Crippen molar-refractivity contribution in [3.63, 3.8) is 0 Å². The van der Waals surface area contributed by atoms with Crippen molar-refractivity contribution in [1.82, 2.24) is 4.98 Å². The van der Waals surface area contributed by atoms with E-state index in [1.54, 1.807) is 36.5 Å². The molecule has 2 N–H and O–H groups in total. The molecule has 1 heterocycles. The van der Waals surface area contributed by atoms with E-state index in [-0.39, 0.29) is 5.91 Å². The van der Waals surface area contributed by atoms with Crippen LogP contribution in [0.4, 0.5) is 5.69 Å². The third-order valence-electron chi connectivity index (χ3n) is 2.56. The fraction of sp³-hybridized carbons (Fsp3) is 0.143. The maximum Gasteiger partial charge on any atom is 0.355 e. The van der Waals surface area contributed by atoms with Gasteiger partial charge in [0, 0.05) is 16.4 Å². The van der Waals surface area contributed by atoms with Crippen molar-refractivity contribution in [3.05, 3.63) is 52.8 Å². The van der Waals surface area contributed by atoms with Gasteiger partial charge in [-0.1, -0.05) is 22.0 Å². The van der Waals surface area contributed by atoms with Crippen molar-refractivity contribution < 1.29 is 14.3 Å². The summed E-state index contributed by atoms with van der Waals surface area (Å²) in [6.45, 7) is 1.52. The Morgan fingerprint density at radius 3 is 2.75 bits per heavy atom. The molecule has 0 saturated carbocycles. The highest BCUT2D eigenvalue weighted by molar-refractivity contribution is 9.10. The highest BCUT2D eigenvalue weighted by Crippen LogP contribution is 2.16. The summed E-state index contributed by atoms with van der Waals surface area (Å²) < 4.78 is 5.92. The Morgan fingerprint density at radius 2 is 2.10 bits per heavy atom. The van der Waals surface area contributed by atoms with Crippen LogP contribution in [-0.4, -0.2) is 23.0 Å². The van der Waals surface area contributed by atoms with Gasteiger partial charge in [-0.05, 0) is 37.3 Å². The number of carbonyl (C=O) groups is 2. The molecule has 20 heavy (non-hydrogen) atoms. The molecule has 5 nitrogen and oxygen atoms in total. The Hall–Kier alpha value is -2.08. The Morgan fingerprint density at radius 1 is 1.30 bits per heavy atom. The molecule has 0 saturated heterocycles. The molecule has 104 valence electrons. The summed E-state index contributed by atoms with van der Waals surface area (Å²) in [4.78, 5) is 26.3. The minimum absolute atomic E-state index is 0.312. The lowest BCUT2D eigenvalue weighted by Crippen LogP contribution is -2.30. The molecule has 0 radical (unpaired) electrons. The predicted octanol–water partition coefficient (Wildman–Crippen LogP) is 2.96. The SMILES string of the molecule is C[C@H](OC(=O)c1ccc[nH]1)C(=O)Nc1cccc(Br)c1. The molecule has 0 aliphatic carbocycles. The summed E-state index contributed by atoms with van der Waals surface area (Å²) in [7, 11) is 0. The fourth-order valence-corrected chi connectivity index (χ4v) is 1.94. The number of esters is 1. The summed E-state index contributed by atoms with van der Waals surface area (Å²) in [6, 6.07) is 10.4. The van der Waals surface area contributed by atoms with Gasteiger partial charge in [-0.15, -0.1) is 0 Å². The summed E-state index contributed by atoms with van der Waals surface area (Å²) in [5, 5.41) is 2.68. The Bertz CT molecular complexity index is 611. The molecule has 0 unspecified atom stereocenters. The molecule has 0 spiro atoms. The summed E-state index contributed by atoms with van der Waals surface area (Å²) >= 11 is 3.31. The molecule has 2 rings (SSSR count). The zero-order valence-corrected chi connectivity index (χ0v) is 12.3. The average molecular weight is 337 g/mol. The molecule has 0 aliphatic heterocycles. The number of carbonyl (C=O) groups excluding carboxylic acids is 2. The number of H-pyrrole nitrogens is 1. The van der Waals surface area contributed by atoms with E-state index in [4.69, 9.17) is 4.74 Å². The minimum atomic E-state index is -0.884. The summed E-state index contributed by atoms with van der Waals surface area (Å²) in [6.07, 6.45) is 0.729. The third kappa shape index (κ3) is 3.71. The number of halogens is 1. The van der Waals surface area contributed by atoms with Gasteiger partial charge in [-0.25, -0.2) is 4.79 Å². The van der Waals surface area contributed by atoms with Gasteiger partial charge in [-0.2, -0.15) is 0 Å². The van der Waals surface area contributed by atoms with Crippen LogP contribution in [0.1, 0.15) is 17.4 Å². The third-order valence-corrected chi connectivity index (χ3v) is 3.06. The van der Waals surface area contributed by atoms with E-state index in [0.717, 1.165) is 4.47 Å². The molecule has 1 aromatic heterocycles. The standard InChI is InChI=1S/C14H13BrN2O3/c1-9(20-14(19)12-6-3-7-16-12)13(18)17-11-5-2-4-10(15)8-11/h2-9,16H,1H3,(H,17,18)/t9-/m0/s1. The zero-order chi connectivity index (χ0) is 14.5. The second-order valence-corrected chi connectivity index (χ2v) is 5.05.